The van der Waals surface area contributed by atoms with Crippen molar-refractivity contribution in [2.75, 3.05) is 19.5 Å². The molecule has 4 nitrogen and oxygen atoms in total. The summed E-state index contributed by atoms with van der Waals surface area (Å²) in [5.41, 5.74) is 0.593. The number of nitrogens with one attached hydrogen (secondary N) is 1. The summed E-state index contributed by atoms with van der Waals surface area (Å²) in [7, 11) is 3.09. The summed E-state index contributed by atoms with van der Waals surface area (Å²) >= 11 is 6.05. The molecule has 2 rings (SSSR count). The van der Waals surface area contributed by atoms with Crippen LogP contribution >= 0.6 is 11.6 Å². The highest BCUT2D eigenvalue weighted by Gasteiger charge is 2.17. The second-order valence-corrected chi connectivity index (χ2v) is 5.83. The van der Waals surface area contributed by atoms with Crippen molar-refractivity contribution < 1.29 is 14.3 Å². The van der Waals surface area contributed by atoms with Gasteiger partial charge in [-0.15, -0.1) is 0 Å². The second kappa shape index (κ2) is 7.55. The molecule has 0 aromatic heterocycles. The van der Waals surface area contributed by atoms with E-state index in [-0.39, 0.29) is 5.91 Å². The van der Waals surface area contributed by atoms with Gasteiger partial charge in [0.1, 0.15) is 11.5 Å². The zero-order valence-electron chi connectivity index (χ0n) is 12.6. The van der Waals surface area contributed by atoms with Crippen LogP contribution in [0.1, 0.15) is 38.5 Å². The van der Waals surface area contributed by atoms with E-state index in [1.165, 1.54) is 25.7 Å². The van der Waals surface area contributed by atoms with Crippen LogP contribution < -0.4 is 14.8 Å². The highest BCUT2D eigenvalue weighted by Crippen LogP contribution is 2.36. The van der Waals surface area contributed by atoms with Crippen LogP contribution in [0.4, 0.5) is 5.69 Å². The lowest BCUT2D eigenvalue weighted by Gasteiger charge is -2.14. The highest BCUT2D eigenvalue weighted by atomic mass is 35.5. The van der Waals surface area contributed by atoms with Gasteiger partial charge in [0.15, 0.2) is 0 Å². The van der Waals surface area contributed by atoms with Crippen LogP contribution in [0.15, 0.2) is 12.1 Å². The number of rotatable bonds is 6. The van der Waals surface area contributed by atoms with Crippen molar-refractivity contribution in [3.8, 4) is 11.5 Å². The van der Waals surface area contributed by atoms with E-state index >= 15 is 0 Å². The number of hydrogen-bond acceptors (Lipinski definition) is 3. The Morgan fingerprint density at radius 2 is 1.90 bits per heavy atom. The number of halogens is 1. The first kappa shape index (κ1) is 16.0. The van der Waals surface area contributed by atoms with Crippen LogP contribution in [0.5, 0.6) is 11.5 Å². The molecule has 0 saturated heterocycles. The minimum absolute atomic E-state index is 0.00424. The van der Waals surface area contributed by atoms with Crippen LogP contribution in [0.3, 0.4) is 0 Å². The molecule has 0 radical (unpaired) electrons. The van der Waals surface area contributed by atoms with Gasteiger partial charge in [-0.2, -0.15) is 0 Å². The standard InChI is InChI=1S/C16H22ClNO3/c1-20-14-10-13(15(21-2)9-12(14)17)18-16(19)8-7-11-5-3-4-6-11/h9-11H,3-8H2,1-2H3,(H,18,19). The molecule has 1 aliphatic carbocycles. The van der Waals surface area contributed by atoms with E-state index in [9.17, 15) is 4.79 Å². The van der Waals surface area contributed by atoms with E-state index < -0.39 is 0 Å². The zero-order chi connectivity index (χ0) is 15.2. The first-order valence-corrected chi connectivity index (χ1v) is 7.73. The summed E-state index contributed by atoms with van der Waals surface area (Å²) in [6.07, 6.45) is 6.61. The van der Waals surface area contributed by atoms with Gasteiger partial charge in [-0.05, 0) is 12.3 Å². The van der Waals surface area contributed by atoms with Crippen molar-refractivity contribution >= 4 is 23.2 Å². The zero-order valence-corrected chi connectivity index (χ0v) is 13.3. The number of carbonyl (C=O) groups excluding carboxylic acids is 1. The minimum Gasteiger partial charge on any atom is -0.495 e. The third kappa shape index (κ3) is 4.27. The van der Waals surface area contributed by atoms with Gasteiger partial charge in [-0.1, -0.05) is 37.3 Å². The van der Waals surface area contributed by atoms with Crippen molar-refractivity contribution in [1.29, 1.82) is 0 Å². The molecule has 5 heteroatoms. The molecule has 1 saturated carbocycles. The molecular formula is C16H22ClNO3. The molecule has 1 N–H and O–H groups in total. The normalized spacial score (nSPS) is 15.0. The lowest BCUT2D eigenvalue weighted by atomic mass is 10.0. The third-order valence-electron chi connectivity index (χ3n) is 4.00. The van der Waals surface area contributed by atoms with Crippen molar-refractivity contribution in [3.63, 3.8) is 0 Å². The van der Waals surface area contributed by atoms with Crippen LogP contribution in [-0.2, 0) is 4.79 Å². The van der Waals surface area contributed by atoms with Gasteiger partial charge in [0.05, 0.1) is 24.9 Å². The van der Waals surface area contributed by atoms with Crippen molar-refractivity contribution in [1.82, 2.24) is 0 Å². The molecule has 1 aliphatic rings. The number of carbonyl (C=O) groups is 1. The lowest BCUT2D eigenvalue weighted by Crippen LogP contribution is -2.13. The van der Waals surface area contributed by atoms with E-state index in [1.54, 1.807) is 26.4 Å². The molecule has 0 bridgehead atoms. The molecule has 0 unspecified atom stereocenters. The van der Waals surface area contributed by atoms with Gasteiger partial charge in [0.25, 0.3) is 0 Å². The quantitative estimate of drug-likeness (QED) is 0.853. The minimum atomic E-state index is 0.00424. The average molecular weight is 312 g/mol. The van der Waals surface area contributed by atoms with Gasteiger partial charge < -0.3 is 14.8 Å². The fraction of sp³-hybridized carbons (Fsp3) is 0.562. The maximum Gasteiger partial charge on any atom is 0.224 e. The number of ether oxygens (including phenoxy) is 2. The monoisotopic (exact) mass is 311 g/mol. The van der Waals surface area contributed by atoms with Gasteiger partial charge in [-0.3, -0.25) is 4.79 Å². The number of anilines is 1. The Morgan fingerprint density at radius 1 is 1.24 bits per heavy atom. The topological polar surface area (TPSA) is 47.6 Å². The molecular weight excluding hydrogens is 290 g/mol. The lowest BCUT2D eigenvalue weighted by molar-refractivity contribution is -0.116. The van der Waals surface area contributed by atoms with Gasteiger partial charge >= 0.3 is 0 Å². The molecule has 21 heavy (non-hydrogen) atoms. The van der Waals surface area contributed by atoms with Crippen molar-refractivity contribution in [2.24, 2.45) is 5.92 Å². The fourth-order valence-electron chi connectivity index (χ4n) is 2.81. The summed E-state index contributed by atoms with van der Waals surface area (Å²) in [4.78, 5) is 12.1. The molecule has 1 aromatic rings. The summed E-state index contributed by atoms with van der Waals surface area (Å²) < 4.78 is 10.4. The predicted molar refractivity (Wildman–Crippen MR) is 84.4 cm³/mol. The number of benzene rings is 1. The molecule has 116 valence electrons. The van der Waals surface area contributed by atoms with Crippen LogP contribution in [-0.4, -0.2) is 20.1 Å². The first-order valence-electron chi connectivity index (χ1n) is 7.35. The Balaban J connectivity index is 1.98. The maximum atomic E-state index is 12.1. The van der Waals surface area contributed by atoms with Crippen LogP contribution in [0.25, 0.3) is 0 Å². The summed E-state index contributed by atoms with van der Waals surface area (Å²) in [6, 6.07) is 3.33. The Morgan fingerprint density at radius 3 is 2.52 bits per heavy atom. The molecule has 0 atom stereocenters. The van der Waals surface area contributed by atoms with E-state index in [0.29, 0.717) is 34.5 Å². The van der Waals surface area contributed by atoms with Gasteiger partial charge in [0, 0.05) is 18.6 Å². The molecule has 0 spiro atoms. The van der Waals surface area contributed by atoms with Crippen molar-refractivity contribution in [3.05, 3.63) is 17.2 Å². The maximum absolute atomic E-state index is 12.1. The molecule has 0 aliphatic heterocycles. The number of amides is 1. The van der Waals surface area contributed by atoms with E-state index in [1.807, 2.05) is 0 Å². The second-order valence-electron chi connectivity index (χ2n) is 5.42. The van der Waals surface area contributed by atoms with Gasteiger partial charge in [-0.25, -0.2) is 0 Å². The molecule has 1 amide bonds. The van der Waals surface area contributed by atoms with E-state index in [2.05, 4.69) is 5.32 Å². The summed E-state index contributed by atoms with van der Waals surface area (Å²) in [6.45, 7) is 0. The van der Waals surface area contributed by atoms with E-state index in [4.69, 9.17) is 21.1 Å². The largest absolute Gasteiger partial charge is 0.495 e. The number of methoxy groups -OCH3 is 2. The SMILES string of the molecule is COc1cc(NC(=O)CCC2CCCC2)c(OC)cc1Cl. The first-order chi connectivity index (χ1) is 10.1. The smallest absolute Gasteiger partial charge is 0.224 e. The Labute approximate surface area is 130 Å². The Kier molecular flexibility index (Phi) is 5.74. The fourth-order valence-corrected chi connectivity index (χ4v) is 3.04. The summed E-state index contributed by atoms with van der Waals surface area (Å²) in [5.74, 6) is 1.76. The number of hydrogen-bond donors (Lipinski definition) is 1. The van der Waals surface area contributed by atoms with Crippen LogP contribution in [0, 0.1) is 5.92 Å². The van der Waals surface area contributed by atoms with Gasteiger partial charge in [0.2, 0.25) is 5.91 Å². The Bertz CT molecular complexity index is 499. The van der Waals surface area contributed by atoms with E-state index in [0.717, 1.165) is 6.42 Å². The predicted octanol–water partition coefficient (Wildman–Crippen LogP) is 4.27. The summed E-state index contributed by atoms with van der Waals surface area (Å²) in [5, 5.41) is 3.34. The van der Waals surface area contributed by atoms with Crippen molar-refractivity contribution in [2.45, 2.75) is 38.5 Å². The molecule has 0 heterocycles. The third-order valence-corrected chi connectivity index (χ3v) is 4.30. The van der Waals surface area contributed by atoms with Crippen LogP contribution in [0.2, 0.25) is 5.02 Å². The Hall–Kier alpha value is -1.42. The highest BCUT2D eigenvalue weighted by molar-refractivity contribution is 6.32. The molecule has 1 aromatic carbocycles. The molecule has 1 fully saturated rings. The average Bonchev–Trinajstić information content (AvgIpc) is 2.99.